The molecule has 4 rings (SSSR count). The number of anilines is 1. The molecule has 0 fully saturated rings. The van der Waals surface area contributed by atoms with Gasteiger partial charge in [-0.1, -0.05) is 49.9 Å². The molecule has 0 radical (unpaired) electrons. The molecule has 0 spiro atoms. The van der Waals surface area contributed by atoms with Crippen molar-refractivity contribution in [3.05, 3.63) is 77.5 Å². The normalized spacial score (nSPS) is 11.7. The van der Waals surface area contributed by atoms with Gasteiger partial charge in [0.05, 0.1) is 24.3 Å². The first-order valence-electron chi connectivity index (χ1n) is 12.9. The fraction of sp³-hybridized carbons (Fsp3) is 0.345. The lowest BCUT2D eigenvalue weighted by Gasteiger charge is -2.13. The second-order valence-corrected chi connectivity index (χ2v) is 12.4. The van der Waals surface area contributed by atoms with Crippen molar-refractivity contribution in [1.82, 2.24) is 19.6 Å². The molecule has 1 N–H and O–H groups in total. The maximum absolute atomic E-state index is 12.2. The first kappa shape index (κ1) is 29.4. The van der Waals surface area contributed by atoms with Crippen molar-refractivity contribution < 1.29 is 17.9 Å². The van der Waals surface area contributed by atoms with Crippen molar-refractivity contribution in [1.29, 1.82) is 0 Å². The molecule has 0 aliphatic carbocycles. The molecule has 2 heterocycles. The summed E-state index contributed by atoms with van der Waals surface area (Å²) in [4.78, 5) is 9.74. The largest absolute Gasteiger partial charge is 0.497 e. The van der Waals surface area contributed by atoms with E-state index in [1.165, 1.54) is 18.0 Å². The quantitative estimate of drug-likeness (QED) is 0.124. The highest BCUT2D eigenvalue weighted by Crippen LogP contribution is 2.32. The monoisotopic (exact) mass is 581 g/mol. The minimum atomic E-state index is -3.39. The van der Waals surface area contributed by atoms with E-state index < -0.39 is 9.84 Å². The van der Waals surface area contributed by atoms with Crippen LogP contribution in [0.3, 0.4) is 0 Å². The molecule has 0 atom stereocenters. The van der Waals surface area contributed by atoms with E-state index in [-0.39, 0.29) is 10.8 Å². The van der Waals surface area contributed by atoms with E-state index in [1.807, 2.05) is 30.5 Å². The van der Waals surface area contributed by atoms with E-state index in [0.29, 0.717) is 42.8 Å². The second-order valence-electron chi connectivity index (χ2n) is 9.63. The molecule has 0 unspecified atom stereocenters. The number of thioether (sulfide) groups is 1. The predicted molar refractivity (Wildman–Crippen MR) is 160 cm³/mol. The Kier molecular flexibility index (Phi) is 9.36. The lowest BCUT2D eigenvalue weighted by atomic mass is 9.98. The summed E-state index contributed by atoms with van der Waals surface area (Å²) in [7, 11) is -1.74. The third-order valence-electron chi connectivity index (χ3n) is 6.35. The van der Waals surface area contributed by atoms with Gasteiger partial charge >= 0.3 is 0 Å². The zero-order chi connectivity index (χ0) is 28.9. The second kappa shape index (κ2) is 12.7. The van der Waals surface area contributed by atoms with Crippen LogP contribution < -0.4 is 14.8 Å². The van der Waals surface area contributed by atoms with E-state index in [2.05, 4.69) is 25.7 Å². The average Bonchev–Trinajstić information content (AvgIpc) is 3.30. The summed E-state index contributed by atoms with van der Waals surface area (Å²) in [6, 6.07) is 12.9. The van der Waals surface area contributed by atoms with Crippen LogP contribution in [0.25, 0.3) is 5.65 Å². The molecule has 2 aromatic carbocycles. The summed E-state index contributed by atoms with van der Waals surface area (Å²) in [6.07, 6.45) is 5.99. The van der Waals surface area contributed by atoms with Crippen LogP contribution in [-0.2, 0) is 22.8 Å². The fourth-order valence-electron chi connectivity index (χ4n) is 4.30. The minimum Gasteiger partial charge on any atom is -0.497 e. The lowest BCUT2D eigenvalue weighted by Crippen LogP contribution is -2.10. The van der Waals surface area contributed by atoms with Gasteiger partial charge in [0.25, 0.3) is 0 Å². The van der Waals surface area contributed by atoms with Gasteiger partial charge in [-0.2, -0.15) is 14.6 Å². The van der Waals surface area contributed by atoms with Crippen LogP contribution in [0, 0.1) is 0 Å². The molecule has 0 aliphatic heterocycles. The Labute approximate surface area is 240 Å². The molecule has 0 saturated heterocycles. The first-order chi connectivity index (χ1) is 19.1. The van der Waals surface area contributed by atoms with Crippen LogP contribution in [0.1, 0.15) is 48.6 Å². The lowest BCUT2D eigenvalue weighted by molar-refractivity contribution is 0.321. The van der Waals surface area contributed by atoms with Gasteiger partial charge in [-0.15, -0.1) is 6.58 Å². The zero-order valence-corrected chi connectivity index (χ0v) is 25.1. The maximum Gasteiger partial charge on any atom is 0.228 e. The van der Waals surface area contributed by atoms with Crippen LogP contribution in [-0.4, -0.2) is 54.2 Å². The molecule has 4 aromatic rings. The molecule has 9 nitrogen and oxygen atoms in total. The maximum atomic E-state index is 12.2. The molecule has 2 aromatic heterocycles. The van der Waals surface area contributed by atoms with Gasteiger partial charge in [0.2, 0.25) is 5.95 Å². The van der Waals surface area contributed by atoms with Crippen molar-refractivity contribution in [2.45, 2.75) is 49.2 Å². The van der Waals surface area contributed by atoms with Crippen molar-refractivity contribution in [2.24, 2.45) is 0 Å². The summed E-state index contributed by atoms with van der Waals surface area (Å²) in [5.41, 5.74) is 4.49. The number of hydrogen-bond acceptors (Lipinski definition) is 9. The Balaban J connectivity index is 1.75. The zero-order valence-electron chi connectivity index (χ0n) is 23.5. The summed E-state index contributed by atoms with van der Waals surface area (Å²) in [5, 5.41) is 9.03. The molecule has 0 amide bonds. The number of rotatable bonds is 13. The predicted octanol–water partition coefficient (Wildman–Crippen LogP) is 5.54. The molecule has 11 heteroatoms. The van der Waals surface area contributed by atoms with Gasteiger partial charge in [0.1, 0.15) is 11.5 Å². The smallest absolute Gasteiger partial charge is 0.228 e. The molecule has 0 bridgehead atoms. The third-order valence-corrected chi connectivity index (χ3v) is 8.01. The van der Waals surface area contributed by atoms with Crippen LogP contribution in [0.5, 0.6) is 11.5 Å². The molecular formula is C29H35N5O4S2. The van der Waals surface area contributed by atoms with Gasteiger partial charge in [0, 0.05) is 30.3 Å². The third kappa shape index (κ3) is 6.76. The Bertz CT molecular complexity index is 1600. The molecule has 0 saturated carbocycles. The number of nitrogens with one attached hydrogen (secondary N) is 1. The van der Waals surface area contributed by atoms with Crippen LogP contribution in [0.15, 0.2) is 65.2 Å². The SMILES string of the molecule is C=CCCOc1cc(S(C)(=O)=O)ccc1Cc1nn2c(NCc3ccc(OC)cc3)nc(SC)nc2c1C(C)C. The Morgan fingerprint density at radius 3 is 2.52 bits per heavy atom. The van der Waals surface area contributed by atoms with E-state index >= 15 is 0 Å². The number of nitrogens with zero attached hydrogens (tertiary/aromatic N) is 4. The molecule has 0 aliphatic rings. The van der Waals surface area contributed by atoms with E-state index in [4.69, 9.17) is 24.5 Å². The van der Waals surface area contributed by atoms with Gasteiger partial charge in [-0.05, 0) is 48.4 Å². The standard InChI is InChI=1S/C29H35N5O4S2/c1-7-8-15-38-25-17-23(40(6,35)36)14-11-21(25)16-24-26(19(2)3)27-31-29(39-5)32-28(34(27)33-24)30-18-20-9-12-22(37-4)13-10-20/h7,9-14,17,19H,1,8,15-16,18H2,2-6H3,(H,30,31,32). The topological polar surface area (TPSA) is 108 Å². The van der Waals surface area contributed by atoms with Gasteiger partial charge < -0.3 is 14.8 Å². The number of hydrogen-bond donors (Lipinski definition) is 1. The molecular weight excluding hydrogens is 546 g/mol. The van der Waals surface area contributed by atoms with Crippen LogP contribution >= 0.6 is 11.8 Å². The number of ether oxygens (including phenoxy) is 2. The van der Waals surface area contributed by atoms with Crippen molar-refractivity contribution in [2.75, 3.05) is 31.5 Å². The molecule has 40 heavy (non-hydrogen) atoms. The summed E-state index contributed by atoms with van der Waals surface area (Å²) < 4.78 is 37.5. The van der Waals surface area contributed by atoms with Gasteiger partial charge in [0.15, 0.2) is 20.6 Å². The van der Waals surface area contributed by atoms with Crippen molar-refractivity contribution in [3.63, 3.8) is 0 Å². The van der Waals surface area contributed by atoms with Gasteiger partial charge in [-0.3, -0.25) is 0 Å². The Hall–Kier alpha value is -3.57. The highest BCUT2D eigenvalue weighted by Gasteiger charge is 2.23. The first-order valence-corrected chi connectivity index (χ1v) is 16.0. The Morgan fingerprint density at radius 2 is 1.90 bits per heavy atom. The Morgan fingerprint density at radius 1 is 1.15 bits per heavy atom. The number of aromatic nitrogens is 4. The number of methoxy groups -OCH3 is 1. The van der Waals surface area contributed by atoms with Crippen LogP contribution in [0.2, 0.25) is 0 Å². The highest BCUT2D eigenvalue weighted by molar-refractivity contribution is 7.98. The van der Waals surface area contributed by atoms with Crippen LogP contribution in [0.4, 0.5) is 5.95 Å². The van der Waals surface area contributed by atoms with Crippen molar-refractivity contribution in [3.8, 4) is 11.5 Å². The van der Waals surface area contributed by atoms with Gasteiger partial charge in [-0.25, -0.2) is 13.4 Å². The summed E-state index contributed by atoms with van der Waals surface area (Å²) in [6.45, 7) is 8.91. The highest BCUT2D eigenvalue weighted by atomic mass is 32.2. The summed E-state index contributed by atoms with van der Waals surface area (Å²) in [5.74, 6) is 2.04. The number of sulfone groups is 1. The van der Waals surface area contributed by atoms with Crippen molar-refractivity contribution >= 4 is 33.2 Å². The fourth-order valence-corrected chi connectivity index (χ4v) is 5.30. The summed E-state index contributed by atoms with van der Waals surface area (Å²) >= 11 is 1.47. The van der Waals surface area contributed by atoms with E-state index in [1.54, 1.807) is 35.9 Å². The number of fused-ring (bicyclic) bond motifs is 1. The molecule has 212 valence electrons. The minimum absolute atomic E-state index is 0.131. The average molecular weight is 582 g/mol. The van der Waals surface area contributed by atoms with E-state index in [9.17, 15) is 8.42 Å². The number of benzene rings is 2. The van der Waals surface area contributed by atoms with E-state index in [0.717, 1.165) is 33.8 Å².